The molecule has 0 amide bonds. The molecule has 0 radical (unpaired) electrons. The average molecular weight is 269 g/mol. The predicted octanol–water partition coefficient (Wildman–Crippen LogP) is 1.84. The first-order valence-corrected chi connectivity index (χ1v) is 7.85. The van der Waals surface area contributed by atoms with E-state index < -0.39 is 5.97 Å². The van der Waals surface area contributed by atoms with Gasteiger partial charge in [0, 0.05) is 11.8 Å². The highest BCUT2D eigenvalue weighted by molar-refractivity contribution is 5.67. The predicted molar refractivity (Wildman–Crippen MR) is 75.7 cm³/mol. The minimum atomic E-state index is -0.669. The molecule has 4 heteroatoms. The van der Waals surface area contributed by atoms with Crippen LogP contribution in [-0.2, 0) is 4.79 Å². The lowest BCUT2D eigenvalue weighted by Gasteiger charge is -2.49. The molecule has 1 aliphatic carbocycles. The van der Waals surface area contributed by atoms with E-state index in [0.29, 0.717) is 6.42 Å². The molecule has 1 saturated heterocycles. The van der Waals surface area contributed by atoms with Crippen LogP contribution in [0, 0.1) is 11.8 Å². The number of piperidine rings is 1. The Morgan fingerprint density at radius 2 is 2.05 bits per heavy atom. The first-order valence-electron chi connectivity index (χ1n) is 7.85. The van der Waals surface area contributed by atoms with Gasteiger partial charge in [-0.15, -0.1) is 0 Å². The third kappa shape index (κ3) is 3.93. The van der Waals surface area contributed by atoms with Crippen molar-refractivity contribution in [3.8, 4) is 0 Å². The highest BCUT2D eigenvalue weighted by Gasteiger charge is 2.41. The number of quaternary nitrogens is 1. The third-order valence-electron chi connectivity index (χ3n) is 4.93. The van der Waals surface area contributed by atoms with Gasteiger partial charge in [-0.2, -0.15) is 0 Å². The van der Waals surface area contributed by atoms with Crippen LogP contribution in [0.2, 0.25) is 0 Å². The van der Waals surface area contributed by atoms with Crippen LogP contribution < -0.4 is 5.73 Å². The summed E-state index contributed by atoms with van der Waals surface area (Å²) in [6.07, 6.45) is 6.45. The van der Waals surface area contributed by atoms with Crippen molar-refractivity contribution in [2.24, 2.45) is 17.6 Å². The maximum atomic E-state index is 11.0. The van der Waals surface area contributed by atoms with E-state index in [4.69, 9.17) is 10.8 Å². The van der Waals surface area contributed by atoms with E-state index >= 15 is 0 Å². The maximum Gasteiger partial charge on any atom is 0.303 e. The Labute approximate surface area is 116 Å². The van der Waals surface area contributed by atoms with Gasteiger partial charge in [0.15, 0.2) is 0 Å². The molecular formula is C15H29N2O2+. The molecule has 0 bridgehead atoms. The Morgan fingerprint density at radius 1 is 1.32 bits per heavy atom. The largest absolute Gasteiger partial charge is 0.481 e. The van der Waals surface area contributed by atoms with Crippen LogP contribution in [0.1, 0.15) is 45.4 Å². The van der Waals surface area contributed by atoms with Gasteiger partial charge < -0.3 is 15.3 Å². The standard InChI is InChI=1S/C15H28N2O2/c1-2-6-17(9-12-4-3-5-12)10-13(8-15(18)19)7-14(16)11-17/h12-14H,2-11,16H2,1H3/p+1. The van der Waals surface area contributed by atoms with Crippen LogP contribution in [0.15, 0.2) is 0 Å². The number of rotatable bonds is 6. The van der Waals surface area contributed by atoms with Crippen LogP contribution >= 0.6 is 0 Å². The summed E-state index contributed by atoms with van der Waals surface area (Å²) in [4.78, 5) is 11.0. The fourth-order valence-electron chi connectivity index (χ4n) is 4.21. The fraction of sp³-hybridized carbons (Fsp3) is 0.933. The normalized spacial score (nSPS) is 35.9. The maximum absolute atomic E-state index is 11.0. The summed E-state index contributed by atoms with van der Waals surface area (Å²) in [5, 5.41) is 9.04. The lowest BCUT2D eigenvalue weighted by molar-refractivity contribution is -0.940. The van der Waals surface area contributed by atoms with E-state index in [9.17, 15) is 4.79 Å². The van der Waals surface area contributed by atoms with Gasteiger partial charge in [-0.25, -0.2) is 0 Å². The molecule has 1 heterocycles. The number of carboxylic acid groups (broad SMARTS) is 1. The van der Waals surface area contributed by atoms with Crippen molar-refractivity contribution >= 4 is 5.97 Å². The van der Waals surface area contributed by atoms with Gasteiger partial charge in [-0.05, 0) is 25.7 Å². The zero-order chi connectivity index (χ0) is 13.9. The van der Waals surface area contributed by atoms with E-state index in [1.165, 1.54) is 38.8 Å². The molecule has 0 aromatic carbocycles. The zero-order valence-corrected chi connectivity index (χ0v) is 12.2. The average Bonchev–Trinajstić information content (AvgIpc) is 2.22. The molecule has 0 aromatic rings. The number of aliphatic carboxylic acids is 1. The molecule has 0 spiro atoms. The molecule has 1 saturated carbocycles. The second-order valence-corrected chi connectivity index (χ2v) is 6.87. The molecule has 110 valence electrons. The van der Waals surface area contributed by atoms with Crippen LogP contribution in [0.4, 0.5) is 0 Å². The lowest BCUT2D eigenvalue weighted by Crippen LogP contribution is -2.62. The summed E-state index contributed by atoms with van der Waals surface area (Å²) < 4.78 is 1.08. The van der Waals surface area contributed by atoms with Crippen molar-refractivity contribution in [2.75, 3.05) is 26.2 Å². The number of carboxylic acids is 1. The number of hydrogen-bond donors (Lipinski definition) is 2. The van der Waals surface area contributed by atoms with E-state index in [2.05, 4.69) is 6.92 Å². The van der Waals surface area contributed by atoms with Crippen LogP contribution in [0.25, 0.3) is 0 Å². The molecule has 2 fully saturated rings. The first-order chi connectivity index (χ1) is 9.03. The summed E-state index contributed by atoms with van der Waals surface area (Å²) in [5.74, 6) is 0.465. The Bertz CT molecular complexity index is 317. The lowest BCUT2D eigenvalue weighted by atomic mass is 9.82. The van der Waals surface area contributed by atoms with E-state index in [1.807, 2.05) is 0 Å². The summed E-state index contributed by atoms with van der Waals surface area (Å²) in [7, 11) is 0. The molecular weight excluding hydrogens is 240 g/mol. The molecule has 3 unspecified atom stereocenters. The summed E-state index contributed by atoms with van der Waals surface area (Å²) in [6, 6.07) is 0.185. The van der Waals surface area contributed by atoms with Gasteiger partial charge in [0.05, 0.1) is 38.6 Å². The molecule has 2 rings (SSSR count). The SMILES string of the molecule is CCC[N+]1(CC2CCC2)CC(N)CC(CC(=O)O)C1. The number of nitrogens with two attached hydrogens (primary N) is 1. The first kappa shape index (κ1) is 14.8. The number of nitrogens with zero attached hydrogens (tertiary/aromatic N) is 1. The summed E-state index contributed by atoms with van der Waals surface area (Å²) in [5.41, 5.74) is 6.23. The van der Waals surface area contributed by atoms with Crippen LogP contribution in [-0.4, -0.2) is 47.8 Å². The van der Waals surface area contributed by atoms with Gasteiger partial charge >= 0.3 is 5.97 Å². The van der Waals surface area contributed by atoms with Crippen molar-refractivity contribution in [1.29, 1.82) is 0 Å². The third-order valence-corrected chi connectivity index (χ3v) is 4.93. The summed E-state index contributed by atoms with van der Waals surface area (Å²) in [6.45, 7) is 6.72. The number of carbonyl (C=O) groups is 1. The highest BCUT2D eigenvalue weighted by Crippen LogP contribution is 2.33. The minimum Gasteiger partial charge on any atom is -0.481 e. The van der Waals surface area contributed by atoms with E-state index in [-0.39, 0.29) is 12.0 Å². The van der Waals surface area contributed by atoms with Crippen molar-refractivity contribution in [2.45, 2.75) is 51.5 Å². The van der Waals surface area contributed by atoms with E-state index in [0.717, 1.165) is 29.9 Å². The minimum absolute atomic E-state index is 0.185. The van der Waals surface area contributed by atoms with Crippen molar-refractivity contribution in [3.05, 3.63) is 0 Å². The monoisotopic (exact) mass is 269 g/mol. The topological polar surface area (TPSA) is 63.3 Å². The zero-order valence-electron chi connectivity index (χ0n) is 12.2. The highest BCUT2D eigenvalue weighted by atomic mass is 16.4. The summed E-state index contributed by atoms with van der Waals surface area (Å²) >= 11 is 0. The molecule has 0 aromatic heterocycles. The Hall–Kier alpha value is -0.610. The van der Waals surface area contributed by atoms with Crippen molar-refractivity contribution < 1.29 is 14.4 Å². The molecule has 4 nitrogen and oxygen atoms in total. The van der Waals surface area contributed by atoms with Gasteiger partial charge in [-0.1, -0.05) is 13.3 Å². The number of hydrogen-bond acceptors (Lipinski definition) is 2. The van der Waals surface area contributed by atoms with Crippen LogP contribution in [0.3, 0.4) is 0 Å². The second kappa shape index (κ2) is 6.23. The van der Waals surface area contributed by atoms with Crippen molar-refractivity contribution in [3.63, 3.8) is 0 Å². The van der Waals surface area contributed by atoms with Gasteiger partial charge in [0.2, 0.25) is 0 Å². The molecule has 1 aliphatic heterocycles. The van der Waals surface area contributed by atoms with Gasteiger partial charge in [-0.3, -0.25) is 4.79 Å². The molecule has 3 atom stereocenters. The van der Waals surface area contributed by atoms with Gasteiger partial charge in [0.25, 0.3) is 0 Å². The van der Waals surface area contributed by atoms with E-state index in [1.54, 1.807) is 0 Å². The smallest absolute Gasteiger partial charge is 0.303 e. The molecule has 3 N–H and O–H groups in total. The van der Waals surface area contributed by atoms with Gasteiger partial charge in [0.1, 0.15) is 0 Å². The second-order valence-electron chi connectivity index (χ2n) is 6.87. The Balaban J connectivity index is 2.03. The van der Waals surface area contributed by atoms with Crippen LogP contribution in [0.5, 0.6) is 0 Å². The fourth-order valence-corrected chi connectivity index (χ4v) is 4.21. The number of likely N-dealkylation sites (tertiary alicyclic amines) is 1. The quantitative estimate of drug-likeness (QED) is 0.723. The molecule has 2 aliphatic rings. The van der Waals surface area contributed by atoms with Crippen molar-refractivity contribution in [1.82, 2.24) is 0 Å². The Morgan fingerprint density at radius 3 is 2.58 bits per heavy atom. The Kier molecular flexibility index (Phi) is 4.85. The molecule has 19 heavy (non-hydrogen) atoms.